The van der Waals surface area contributed by atoms with Gasteiger partial charge in [-0.25, -0.2) is 9.18 Å². The number of carbonyl (C=O) groups is 2. The number of carbonyl (C=O) groups excluding carboxylic acids is 2. The molecule has 0 aliphatic carbocycles. The third-order valence-electron chi connectivity index (χ3n) is 4.74. The van der Waals surface area contributed by atoms with Gasteiger partial charge in [-0.3, -0.25) is 4.79 Å². The molecule has 1 aliphatic rings. The number of nitrogens with zero attached hydrogens (tertiary/aromatic N) is 1. The molecule has 136 valence electrons. The van der Waals surface area contributed by atoms with Crippen LogP contribution < -0.4 is 11.1 Å². The van der Waals surface area contributed by atoms with Crippen molar-refractivity contribution in [1.29, 1.82) is 0 Å². The summed E-state index contributed by atoms with van der Waals surface area (Å²) in [6.45, 7) is 1.16. The van der Waals surface area contributed by atoms with Gasteiger partial charge in [0.1, 0.15) is 11.9 Å². The summed E-state index contributed by atoms with van der Waals surface area (Å²) in [5, 5.41) is 2.57. The zero-order valence-corrected chi connectivity index (χ0v) is 14.4. The number of rotatable bonds is 5. The number of halogens is 1. The summed E-state index contributed by atoms with van der Waals surface area (Å²) in [7, 11) is 0. The van der Waals surface area contributed by atoms with Crippen LogP contribution in [0.2, 0.25) is 0 Å². The highest BCUT2D eigenvalue weighted by Crippen LogP contribution is 2.28. The van der Waals surface area contributed by atoms with Crippen LogP contribution >= 0.6 is 0 Å². The van der Waals surface area contributed by atoms with Gasteiger partial charge in [0.2, 0.25) is 5.91 Å². The highest BCUT2D eigenvalue weighted by atomic mass is 19.1. The van der Waals surface area contributed by atoms with Gasteiger partial charge in [0.15, 0.2) is 0 Å². The van der Waals surface area contributed by atoms with Crippen molar-refractivity contribution in [2.45, 2.75) is 24.8 Å². The van der Waals surface area contributed by atoms with Crippen molar-refractivity contribution >= 4 is 11.9 Å². The van der Waals surface area contributed by atoms with E-state index >= 15 is 0 Å². The first-order chi connectivity index (χ1) is 12.5. The number of likely N-dealkylation sites (tertiary alicyclic amines) is 1. The number of nitrogens with two attached hydrogens (primary N) is 1. The van der Waals surface area contributed by atoms with E-state index in [0.717, 1.165) is 17.5 Å². The van der Waals surface area contributed by atoms with Crippen molar-refractivity contribution in [1.82, 2.24) is 10.2 Å². The van der Waals surface area contributed by atoms with Crippen molar-refractivity contribution < 1.29 is 14.0 Å². The first kappa shape index (κ1) is 17.9. The Bertz CT molecular complexity index is 764. The predicted molar refractivity (Wildman–Crippen MR) is 97.0 cm³/mol. The molecular weight excluding hydrogens is 333 g/mol. The molecule has 2 aromatic rings. The van der Waals surface area contributed by atoms with Crippen molar-refractivity contribution in [2.24, 2.45) is 5.73 Å². The molecule has 1 aliphatic heterocycles. The average Bonchev–Trinajstić information content (AvgIpc) is 3.12. The number of benzene rings is 2. The minimum Gasteiger partial charge on any atom is -0.352 e. The van der Waals surface area contributed by atoms with Crippen molar-refractivity contribution in [3.05, 3.63) is 71.5 Å². The number of hydrogen-bond acceptors (Lipinski definition) is 2. The minimum absolute atomic E-state index is 0.141. The molecule has 3 N–H and O–H groups in total. The van der Waals surface area contributed by atoms with Gasteiger partial charge < -0.3 is 16.0 Å². The standard InChI is InChI=1S/C20H22FN3O2/c21-17-8-6-15(7-9-17)16-10-11-24(13-16)19(25)18(23-20(22)26)12-14-4-2-1-3-5-14/h1-9,16,18H,10-13H2,(H3,22,23,26). The Labute approximate surface area is 152 Å². The maximum Gasteiger partial charge on any atom is 0.312 e. The normalized spacial score (nSPS) is 17.7. The highest BCUT2D eigenvalue weighted by Gasteiger charge is 2.32. The van der Waals surface area contributed by atoms with E-state index in [1.165, 1.54) is 12.1 Å². The van der Waals surface area contributed by atoms with Crippen LogP contribution in [-0.2, 0) is 11.2 Å². The van der Waals surface area contributed by atoms with E-state index in [4.69, 9.17) is 5.73 Å². The van der Waals surface area contributed by atoms with Crippen molar-refractivity contribution in [3.8, 4) is 0 Å². The molecule has 6 heteroatoms. The van der Waals surface area contributed by atoms with Gasteiger partial charge in [-0.05, 0) is 29.7 Å². The molecule has 2 unspecified atom stereocenters. The first-order valence-electron chi connectivity index (χ1n) is 8.67. The Balaban J connectivity index is 1.68. The summed E-state index contributed by atoms with van der Waals surface area (Å²) in [4.78, 5) is 26.0. The number of hydrogen-bond donors (Lipinski definition) is 2. The van der Waals surface area contributed by atoms with E-state index in [1.54, 1.807) is 17.0 Å². The highest BCUT2D eigenvalue weighted by molar-refractivity contribution is 5.87. The largest absolute Gasteiger partial charge is 0.352 e. The third-order valence-corrected chi connectivity index (χ3v) is 4.74. The first-order valence-corrected chi connectivity index (χ1v) is 8.67. The van der Waals surface area contributed by atoms with Crippen LogP contribution in [0.3, 0.4) is 0 Å². The van der Waals surface area contributed by atoms with Crippen molar-refractivity contribution in [3.63, 3.8) is 0 Å². The predicted octanol–water partition coefficient (Wildman–Crippen LogP) is 2.42. The third kappa shape index (κ3) is 4.39. The fourth-order valence-electron chi connectivity index (χ4n) is 3.41. The molecule has 0 spiro atoms. The monoisotopic (exact) mass is 355 g/mol. The Kier molecular flexibility index (Phi) is 5.51. The Morgan fingerprint density at radius 3 is 2.50 bits per heavy atom. The molecule has 1 saturated heterocycles. The van der Waals surface area contributed by atoms with Gasteiger partial charge in [0.05, 0.1) is 0 Å². The fraction of sp³-hybridized carbons (Fsp3) is 0.300. The van der Waals surface area contributed by atoms with Gasteiger partial charge in [-0.2, -0.15) is 0 Å². The maximum atomic E-state index is 13.1. The molecule has 0 saturated carbocycles. The van der Waals surface area contributed by atoms with E-state index in [1.807, 2.05) is 30.3 Å². The summed E-state index contributed by atoms with van der Waals surface area (Å²) >= 11 is 0. The quantitative estimate of drug-likeness (QED) is 0.864. The van der Waals surface area contributed by atoms with Crippen LogP contribution in [0.1, 0.15) is 23.5 Å². The Morgan fingerprint density at radius 2 is 1.85 bits per heavy atom. The van der Waals surface area contributed by atoms with E-state index in [9.17, 15) is 14.0 Å². The number of nitrogens with one attached hydrogen (secondary N) is 1. The molecule has 5 nitrogen and oxygen atoms in total. The number of amides is 3. The zero-order chi connectivity index (χ0) is 18.5. The van der Waals surface area contributed by atoms with E-state index < -0.39 is 12.1 Å². The molecule has 26 heavy (non-hydrogen) atoms. The van der Waals surface area contributed by atoms with Crippen molar-refractivity contribution in [2.75, 3.05) is 13.1 Å². The second-order valence-electron chi connectivity index (χ2n) is 6.57. The molecule has 1 fully saturated rings. The molecule has 0 radical (unpaired) electrons. The molecule has 3 amide bonds. The Hall–Kier alpha value is -2.89. The summed E-state index contributed by atoms with van der Waals surface area (Å²) < 4.78 is 13.1. The van der Waals surface area contributed by atoms with Crippen LogP contribution in [-0.4, -0.2) is 36.0 Å². The van der Waals surface area contributed by atoms with Gasteiger partial charge in [0, 0.05) is 25.4 Å². The summed E-state index contributed by atoms with van der Waals surface area (Å²) in [5.41, 5.74) is 7.23. The molecule has 0 aromatic heterocycles. The number of primary amides is 1. The molecule has 1 heterocycles. The SMILES string of the molecule is NC(=O)NC(Cc1ccccc1)C(=O)N1CCC(c2ccc(F)cc2)C1. The fourth-order valence-corrected chi connectivity index (χ4v) is 3.41. The van der Waals surface area contributed by atoms with E-state index in [-0.39, 0.29) is 17.6 Å². The topological polar surface area (TPSA) is 75.4 Å². The summed E-state index contributed by atoms with van der Waals surface area (Å²) in [6, 6.07) is 14.5. The van der Waals surface area contributed by atoms with Crippen LogP contribution in [0.5, 0.6) is 0 Å². The van der Waals surface area contributed by atoms with Gasteiger partial charge >= 0.3 is 6.03 Å². The smallest absolute Gasteiger partial charge is 0.312 e. The molecule has 0 bridgehead atoms. The van der Waals surface area contributed by atoms with Crippen LogP contribution in [0.25, 0.3) is 0 Å². The maximum absolute atomic E-state index is 13.1. The second kappa shape index (κ2) is 7.99. The lowest BCUT2D eigenvalue weighted by atomic mass is 9.98. The summed E-state index contributed by atoms with van der Waals surface area (Å²) in [6.07, 6.45) is 1.20. The molecule has 2 aromatic carbocycles. The lowest BCUT2D eigenvalue weighted by Gasteiger charge is -2.24. The molecule has 2 atom stereocenters. The van der Waals surface area contributed by atoms with Gasteiger partial charge in [0.25, 0.3) is 0 Å². The average molecular weight is 355 g/mol. The molecular formula is C20H22FN3O2. The van der Waals surface area contributed by atoms with E-state index in [2.05, 4.69) is 5.32 Å². The van der Waals surface area contributed by atoms with Crippen LogP contribution in [0.4, 0.5) is 9.18 Å². The summed E-state index contributed by atoms with van der Waals surface area (Å²) in [5.74, 6) is -0.240. The van der Waals surface area contributed by atoms with Crippen LogP contribution in [0.15, 0.2) is 54.6 Å². The van der Waals surface area contributed by atoms with Crippen LogP contribution in [0, 0.1) is 5.82 Å². The van der Waals surface area contributed by atoms with Gasteiger partial charge in [-0.15, -0.1) is 0 Å². The van der Waals surface area contributed by atoms with Gasteiger partial charge in [-0.1, -0.05) is 42.5 Å². The Morgan fingerprint density at radius 1 is 1.15 bits per heavy atom. The second-order valence-corrected chi connectivity index (χ2v) is 6.57. The minimum atomic E-state index is -0.714. The van der Waals surface area contributed by atoms with E-state index in [0.29, 0.717) is 19.5 Å². The lowest BCUT2D eigenvalue weighted by Crippen LogP contribution is -2.50. The lowest BCUT2D eigenvalue weighted by molar-refractivity contribution is -0.132. The number of urea groups is 1. The zero-order valence-electron chi connectivity index (χ0n) is 14.4. The molecule has 3 rings (SSSR count).